The van der Waals surface area contributed by atoms with Gasteiger partial charge in [0.25, 0.3) is 5.91 Å². The summed E-state index contributed by atoms with van der Waals surface area (Å²) >= 11 is 3.25. The van der Waals surface area contributed by atoms with E-state index in [-0.39, 0.29) is 5.91 Å². The van der Waals surface area contributed by atoms with Crippen molar-refractivity contribution in [3.8, 4) is 0 Å². The molecule has 1 aromatic carbocycles. The summed E-state index contributed by atoms with van der Waals surface area (Å²) in [4.78, 5) is 16.0. The number of aryl methyl sites for hydroxylation is 1. The number of carbonyl (C=O) groups excluding carboxylic acids is 1. The maximum Gasteiger partial charge on any atom is 0.269 e. The number of benzene rings is 1. The summed E-state index contributed by atoms with van der Waals surface area (Å²) in [5.74, 6) is -0.144. The van der Waals surface area contributed by atoms with Crippen LogP contribution in [0.2, 0.25) is 0 Å². The number of aromatic nitrogens is 1. The molecular formula is C15H15BrN2O. The van der Waals surface area contributed by atoms with E-state index in [1.807, 2.05) is 12.1 Å². The van der Waals surface area contributed by atoms with Crippen molar-refractivity contribution >= 4 is 21.8 Å². The molecule has 1 amide bonds. The normalized spacial score (nSPS) is 10.2. The summed E-state index contributed by atoms with van der Waals surface area (Å²) in [6.45, 7) is 2.69. The van der Waals surface area contributed by atoms with Gasteiger partial charge in [-0.1, -0.05) is 30.3 Å². The van der Waals surface area contributed by atoms with Crippen molar-refractivity contribution in [3.63, 3.8) is 0 Å². The number of amides is 1. The van der Waals surface area contributed by atoms with Gasteiger partial charge in [0.05, 0.1) is 0 Å². The Balaban J connectivity index is 1.90. The first-order valence-electron chi connectivity index (χ1n) is 6.12. The van der Waals surface area contributed by atoms with E-state index in [1.54, 1.807) is 18.2 Å². The van der Waals surface area contributed by atoms with Crippen molar-refractivity contribution in [1.82, 2.24) is 10.3 Å². The molecule has 0 saturated carbocycles. The highest BCUT2D eigenvalue weighted by molar-refractivity contribution is 9.10. The van der Waals surface area contributed by atoms with E-state index in [0.29, 0.717) is 16.8 Å². The lowest BCUT2D eigenvalue weighted by Gasteiger charge is -2.07. The molecule has 0 aliphatic rings. The van der Waals surface area contributed by atoms with Crippen LogP contribution < -0.4 is 5.32 Å². The molecule has 0 spiro atoms. The molecule has 98 valence electrons. The predicted octanol–water partition coefficient (Wildman–Crippen LogP) is 3.13. The van der Waals surface area contributed by atoms with E-state index in [0.717, 1.165) is 6.42 Å². The van der Waals surface area contributed by atoms with Crippen LogP contribution in [-0.2, 0) is 6.42 Å². The first kappa shape index (κ1) is 13.7. The van der Waals surface area contributed by atoms with Gasteiger partial charge >= 0.3 is 0 Å². The molecule has 0 aliphatic heterocycles. The van der Waals surface area contributed by atoms with E-state index in [9.17, 15) is 4.79 Å². The number of nitrogens with zero attached hydrogens (tertiary/aromatic N) is 1. The van der Waals surface area contributed by atoms with Gasteiger partial charge in [-0.2, -0.15) is 0 Å². The molecule has 3 nitrogen and oxygen atoms in total. The van der Waals surface area contributed by atoms with Gasteiger partial charge in [-0.25, -0.2) is 4.98 Å². The third-order valence-corrected chi connectivity index (χ3v) is 3.33. The Kier molecular flexibility index (Phi) is 4.68. The number of pyridine rings is 1. The van der Waals surface area contributed by atoms with Crippen LogP contribution >= 0.6 is 15.9 Å². The Morgan fingerprint density at radius 1 is 1.21 bits per heavy atom. The lowest BCUT2D eigenvalue weighted by molar-refractivity contribution is 0.0949. The average Bonchev–Trinajstić information content (AvgIpc) is 2.41. The Bertz CT molecular complexity index is 584. The molecular weight excluding hydrogens is 304 g/mol. The van der Waals surface area contributed by atoms with Crippen molar-refractivity contribution < 1.29 is 4.79 Å². The van der Waals surface area contributed by atoms with Gasteiger partial charge in [0.1, 0.15) is 10.3 Å². The van der Waals surface area contributed by atoms with Crippen molar-refractivity contribution in [2.24, 2.45) is 0 Å². The first-order chi connectivity index (χ1) is 9.16. The second kappa shape index (κ2) is 6.48. The van der Waals surface area contributed by atoms with E-state index in [2.05, 4.69) is 45.3 Å². The minimum absolute atomic E-state index is 0.144. The number of hydrogen-bond acceptors (Lipinski definition) is 2. The van der Waals surface area contributed by atoms with E-state index in [4.69, 9.17) is 0 Å². The van der Waals surface area contributed by atoms with Gasteiger partial charge in [-0.3, -0.25) is 4.79 Å². The molecule has 0 atom stereocenters. The monoisotopic (exact) mass is 318 g/mol. The highest BCUT2D eigenvalue weighted by atomic mass is 79.9. The van der Waals surface area contributed by atoms with Crippen molar-refractivity contribution in [2.75, 3.05) is 6.54 Å². The molecule has 0 unspecified atom stereocenters. The lowest BCUT2D eigenvalue weighted by Crippen LogP contribution is -2.26. The van der Waals surface area contributed by atoms with Gasteiger partial charge in [0.2, 0.25) is 0 Å². The minimum atomic E-state index is -0.144. The molecule has 0 fully saturated rings. The lowest BCUT2D eigenvalue weighted by atomic mass is 10.1. The zero-order chi connectivity index (χ0) is 13.7. The standard InChI is InChI=1S/C15H15BrN2O/c1-11-5-2-3-6-12(11)9-10-17-15(19)13-7-4-8-14(16)18-13/h2-8H,9-10H2,1H3,(H,17,19). The van der Waals surface area contributed by atoms with Gasteiger partial charge in [0, 0.05) is 6.54 Å². The molecule has 1 aromatic heterocycles. The van der Waals surface area contributed by atoms with Gasteiger partial charge in [-0.05, 0) is 52.5 Å². The molecule has 0 radical (unpaired) electrons. The second-order valence-corrected chi connectivity index (χ2v) is 5.09. The molecule has 0 aliphatic carbocycles. The third-order valence-electron chi connectivity index (χ3n) is 2.89. The molecule has 1 heterocycles. The highest BCUT2D eigenvalue weighted by Crippen LogP contribution is 2.08. The van der Waals surface area contributed by atoms with E-state index < -0.39 is 0 Å². The molecule has 4 heteroatoms. The smallest absolute Gasteiger partial charge is 0.269 e. The summed E-state index contributed by atoms with van der Waals surface area (Å²) in [5.41, 5.74) is 2.93. The Morgan fingerprint density at radius 3 is 2.74 bits per heavy atom. The SMILES string of the molecule is Cc1ccccc1CCNC(=O)c1cccc(Br)n1. The number of nitrogens with one attached hydrogen (secondary N) is 1. The second-order valence-electron chi connectivity index (χ2n) is 4.28. The van der Waals surface area contributed by atoms with Gasteiger partial charge < -0.3 is 5.32 Å². The molecule has 2 rings (SSSR count). The average molecular weight is 319 g/mol. The number of hydrogen-bond donors (Lipinski definition) is 1. The largest absolute Gasteiger partial charge is 0.350 e. The van der Waals surface area contributed by atoms with Crippen LogP contribution in [0, 0.1) is 6.92 Å². The highest BCUT2D eigenvalue weighted by Gasteiger charge is 2.06. The maximum absolute atomic E-state index is 11.9. The molecule has 0 saturated heterocycles. The predicted molar refractivity (Wildman–Crippen MR) is 79.2 cm³/mol. The summed E-state index contributed by atoms with van der Waals surface area (Å²) in [7, 11) is 0. The number of halogens is 1. The van der Waals surface area contributed by atoms with Crippen LogP contribution in [0.3, 0.4) is 0 Å². The third kappa shape index (κ3) is 3.89. The fourth-order valence-electron chi connectivity index (χ4n) is 1.83. The molecule has 1 N–H and O–H groups in total. The maximum atomic E-state index is 11.9. The van der Waals surface area contributed by atoms with Crippen molar-refractivity contribution in [2.45, 2.75) is 13.3 Å². The van der Waals surface area contributed by atoms with Crippen LogP contribution in [0.4, 0.5) is 0 Å². The minimum Gasteiger partial charge on any atom is -0.350 e. The fraction of sp³-hybridized carbons (Fsp3) is 0.200. The summed E-state index contributed by atoms with van der Waals surface area (Å²) < 4.78 is 0.666. The number of rotatable bonds is 4. The summed E-state index contributed by atoms with van der Waals surface area (Å²) in [6, 6.07) is 13.5. The first-order valence-corrected chi connectivity index (χ1v) is 6.91. The Hall–Kier alpha value is -1.68. The van der Waals surface area contributed by atoms with Crippen LogP contribution in [-0.4, -0.2) is 17.4 Å². The van der Waals surface area contributed by atoms with Crippen LogP contribution in [0.5, 0.6) is 0 Å². The molecule has 0 bridgehead atoms. The van der Waals surface area contributed by atoms with Crippen LogP contribution in [0.1, 0.15) is 21.6 Å². The van der Waals surface area contributed by atoms with Crippen molar-refractivity contribution in [3.05, 3.63) is 63.9 Å². The zero-order valence-electron chi connectivity index (χ0n) is 10.7. The number of carbonyl (C=O) groups is 1. The van der Waals surface area contributed by atoms with Gasteiger partial charge in [-0.15, -0.1) is 0 Å². The van der Waals surface area contributed by atoms with Gasteiger partial charge in [0.15, 0.2) is 0 Å². The topological polar surface area (TPSA) is 42.0 Å². The van der Waals surface area contributed by atoms with Crippen LogP contribution in [0.15, 0.2) is 47.1 Å². The quantitative estimate of drug-likeness (QED) is 0.880. The Morgan fingerprint density at radius 2 is 2.00 bits per heavy atom. The van der Waals surface area contributed by atoms with E-state index in [1.165, 1.54) is 11.1 Å². The Labute approximate surface area is 121 Å². The fourth-order valence-corrected chi connectivity index (χ4v) is 2.17. The molecule has 2 aromatic rings. The zero-order valence-corrected chi connectivity index (χ0v) is 12.3. The van der Waals surface area contributed by atoms with Crippen LogP contribution in [0.25, 0.3) is 0 Å². The van der Waals surface area contributed by atoms with Crippen molar-refractivity contribution in [1.29, 1.82) is 0 Å². The molecule has 19 heavy (non-hydrogen) atoms. The summed E-state index contributed by atoms with van der Waals surface area (Å²) in [6.07, 6.45) is 0.826. The van der Waals surface area contributed by atoms with E-state index >= 15 is 0 Å². The summed E-state index contributed by atoms with van der Waals surface area (Å²) in [5, 5.41) is 2.88.